The van der Waals surface area contributed by atoms with Crippen molar-refractivity contribution in [2.75, 3.05) is 6.54 Å². The van der Waals surface area contributed by atoms with Gasteiger partial charge in [0.05, 0.1) is 11.2 Å². The number of rotatable bonds is 7. The summed E-state index contributed by atoms with van der Waals surface area (Å²) >= 11 is 0. The van der Waals surface area contributed by atoms with Crippen LogP contribution in [0.5, 0.6) is 0 Å². The molecule has 0 aliphatic rings. The Morgan fingerprint density at radius 1 is 1.29 bits per heavy atom. The lowest BCUT2D eigenvalue weighted by Crippen LogP contribution is -2.25. The number of aromatic nitrogens is 2. The summed E-state index contributed by atoms with van der Waals surface area (Å²) in [6, 6.07) is 5.91. The van der Waals surface area contributed by atoms with Crippen LogP contribution in [0.1, 0.15) is 23.7 Å². The summed E-state index contributed by atoms with van der Waals surface area (Å²) in [4.78, 5) is 15.2. The zero-order valence-corrected chi connectivity index (χ0v) is 12.5. The van der Waals surface area contributed by atoms with Crippen molar-refractivity contribution in [1.29, 1.82) is 0 Å². The molecule has 1 aromatic carbocycles. The molecule has 0 bridgehead atoms. The highest BCUT2D eigenvalue weighted by molar-refractivity contribution is 7.89. The van der Waals surface area contributed by atoms with E-state index in [0.717, 1.165) is 0 Å². The van der Waals surface area contributed by atoms with E-state index in [1.807, 2.05) is 10.8 Å². The number of aryl methyl sites for hydroxylation is 1. The molecule has 0 saturated heterocycles. The van der Waals surface area contributed by atoms with Crippen molar-refractivity contribution in [1.82, 2.24) is 14.3 Å². The minimum atomic E-state index is -3.53. The van der Waals surface area contributed by atoms with Crippen LogP contribution < -0.4 is 4.72 Å². The molecule has 0 radical (unpaired) electrons. The lowest BCUT2D eigenvalue weighted by Gasteiger charge is -2.07. The highest BCUT2D eigenvalue weighted by Gasteiger charge is 2.13. The number of Topliss-reactive ketones (excluding diaryl/α,β-unsaturated/α-hetero) is 1. The number of hydrogen-bond donors (Lipinski definition) is 1. The molecule has 1 heterocycles. The van der Waals surface area contributed by atoms with Crippen LogP contribution >= 0.6 is 0 Å². The first kappa shape index (κ1) is 15.4. The molecule has 2 rings (SSSR count). The van der Waals surface area contributed by atoms with E-state index in [4.69, 9.17) is 0 Å². The van der Waals surface area contributed by atoms with Crippen LogP contribution in [0.25, 0.3) is 0 Å². The second-order valence-electron chi connectivity index (χ2n) is 4.63. The van der Waals surface area contributed by atoms with E-state index in [0.29, 0.717) is 25.1 Å². The van der Waals surface area contributed by atoms with E-state index in [1.54, 1.807) is 12.5 Å². The van der Waals surface area contributed by atoms with Crippen LogP contribution in [-0.4, -0.2) is 30.3 Å². The Kier molecular flexibility index (Phi) is 4.87. The van der Waals surface area contributed by atoms with Gasteiger partial charge in [0.2, 0.25) is 10.0 Å². The van der Waals surface area contributed by atoms with Gasteiger partial charge in [0.25, 0.3) is 0 Å². The number of imidazole rings is 1. The van der Waals surface area contributed by atoms with Crippen LogP contribution in [0.3, 0.4) is 0 Å². The number of nitrogens with zero attached hydrogens (tertiary/aromatic N) is 2. The zero-order chi connectivity index (χ0) is 15.3. The van der Waals surface area contributed by atoms with Crippen LogP contribution in [0.4, 0.5) is 0 Å². The first-order valence-corrected chi connectivity index (χ1v) is 8.04. The third-order valence-electron chi connectivity index (χ3n) is 3.02. The molecule has 0 aliphatic heterocycles. The first-order chi connectivity index (χ1) is 9.99. The van der Waals surface area contributed by atoms with E-state index in [9.17, 15) is 13.2 Å². The highest BCUT2D eigenvalue weighted by atomic mass is 32.2. The maximum absolute atomic E-state index is 12.1. The monoisotopic (exact) mass is 307 g/mol. The van der Waals surface area contributed by atoms with Gasteiger partial charge in [-0.1, -0.05) is 12.1 Å². The number of sulfonamides is 1. The normalized spacial score (nSPS) is 11.5. The van der Waals surface area contributed by atoms with E-state index >= 15 is 0 Å². The Morgan fingerprint density at radius 3 is 2.57 bits per heavy atom. The molecule has 1 aromatic heterocycles. The summed E-state index contributed by atoms with van der Waals surface area (Å²) in [6.07, 6.45) is 5.87. The fourth-order valence-electron chi connectivity index (χ4n) is 1.84. The van der Waals surface area contributed by atoms with Crippen LogP contribution in [0.15, 0.2) is 47.9 Å². The van der Waals surface area contributed by atoms with Gasteiger partial charge in [0, 0.05) is 31.0 Å². The SMILES string of the molecule is CC(=O)c1ccc(S(=O)(=O)NCCCn2ccnc2)cc1. The summed E-state index contributed by atoms with van der Waals surface area (Å²) < 4.78 is 28.5. The molecule has 6 nitrogen and oxygen atoms in total. The Morgan fingerprint density at radius 2 is 2.00 bits per heavy atom. The summed E-state index contributed by atoms with van der Waals surface area (Å²) in [6.45, 7) is 2.48. The minimum Gasteiger partial charge on any atom is -0.337 e. The average Bonchev–Trinajstić information content (AvgIpc) is 2.97. The number of carbonyl (C=O) groups excluding carboxylic acids is 1. The van der Waals surface area contributed by atoms with Gasteiger partial charge in [-0.05, 0) is 25.5 Å². The zero-order valence-electron chi connectivity index (χ0n) is 11.7. The van der Waals surface area contributed by atoms with Gasteiger partial charge in [-0.2, -0.15) is 0 Å². The highest BCUT2D eigenvalue weighted by Crippen LogP contribution is 2.11. The molecule has 2 aromatic rings. The summed E-state index contributed by atoms with van der Waals surface area (Å²) in [5.41, 5.74) is 0.494. The largest absolute Gasteiger partial charge is 0.337 e. The van der Waals surface area contributed by atoms with Crippen molar-refractivity contribution >= 4 is 15.8 Å². The smallest absolute Gasteiger partial charge is 0.240 e. The molecule has 112 valence electrons. The maximum Gasteiger partial charge on any atom is 0.240 e. The molecule has 0 aliphatic carbocycles. The summed E-state index contributed by atoms with van der Waals surface area (Å²) in [5.74, 6) is -0.0905. The van der Waals surface area contributed by atoms with Gasteiger partial charge in [0.1, 0.15) is 0 Å². The van der Waals surface area contributed by atoms with Gasteiger partial charge >= 0.3 is 0 Å². The second-order valence-corrected chi connectivity index (χ2v) is 6.40. The second kappa shape index (κ2) is 6.64. The fourth-order valence-corrected chi connectivity index (χ4v) is 2.91. The molecule has 0 fully saturated rings. The van der Waals surface area contributed by atoms with Crippen LogP contribution in [0, 0.1) is 0 Å². The van der Waals surface area contributed by atoms with E-state index in [2.05, 4.69) is 9.71 Å². The molecule has 21 heavy (non-hydrogen) atoms. The summed E-state index contributed by atoms with van der Waals surface area (Å²) in [7, 11) is -3.53. The predicted molar refractivity (Wildman–Crippen MR) is 78.5 cm³/mol. The van der Waals surface area contributed by atoms with Gasteiger partial charge in [-0.25, -0.2) is 18.1 Å². The molecule has 0 saturated carbocycles. The number of nitrogens with one attached hydrogen (secondary N) is 1. The summed E-state index contributed by atoms with van der Waals surface area (Å²) in [5, 5.41) is 0. The van der Waals surface area contributed by atoms with Crippen molar-refractivity contribution in [3.8, 4) is 0 Å². The first-order valence-electron chi connectivity index (χ1n) is 6.55. The molecule has 0 spiro atoms. The Labute approximate surface area is 123 Å². The maximum atomic E-state index is 12.1. The number of benzene rings is 1. The molecule has 7 heteroatoms. The van der Waals surface area contributed by atoms with E-state index < -0.39 is 10.0 Å². The van der Waals surface area contributed by atoms with Crippen LogP contribution in [0.2, 0.25) is 0 Å². The third-order valence-corrected chi connectivity index (χ3v) is 4.49. The van der Waals surface area contributed by atoms with Gasteiger partial charge < -0.3 is 4.57 Å². The quantitative estimate of drug-likeness (QED) is 0.620. The van der Waals surface area contributed by atoms with Crippen molar-refractivity contribution in [2.24, 2.45) is 0 Å². The number of carbonyl (C=O) groups is 1. The lowest BCUT2D eigenvalue weighted by atomic mass is 10.2. The molecule has 1 N–H and O–H groups in total. The van der Waals surface area contributed by atoms with Gasteiger partial charge in [0.15, 0.2) is 5.78 Å². The predicted octanol–water partition coefficient (Wildman–Crippen LogP) is 1.45. The topological polar surface area (TPSA) is 81.1 Å². The Hall–Kier alpha value is -1.99. The standard InChI is InChI=1S/C14H17N3O3S/c1-12(18)13-3-5-14(6-4-13)21(19,20)16-7-2-9-17-10-8-15-11-17/h3-6,8,10-11,16H,2,7,9H2,1H3. The third kappa shape index (κ3) is 4.24. The average molecular weight is 307 g/mol. The Balaban J connectivity index is 1.90. The van der Waals surface area contributed by atoms with E-state index in [1.165, 1.54) is 31.2 Å². The van der Waals surface area contributed by atoms with E-state index in [-0.39, 0.29) is 10.7 Å². The molecule has 0 amide bonds. The number of ketones is 1. The van der Waals surface area contributed by atoms with Crippen molar-refractivity contribution in [2.45, 2.75) is 24.8 Å². The fraction of sp³-hybridized carbons (Fsp3) is 0.286. The molecular weight excluding hydrogens is 290 g/mol. The van der Waals surface area contributed by atoms with Crippen molar-refractivity contribution in [3.63, 3.8) is 0 Å². The molecule has 0 unspecified atom stereocenters. The van der Waals surface area contributed by atoms with Crippen LogP contribution in [-0.2, 0) is 16.6 Å². The Bertz CT molecular complexity index is 692. The van der Waals surface area contributed by atoms with Gasteiger partial charge in [-0.3, -0.25) is 4.79 Å². The van der Waals surface area contributed by atoms with Gasteiger partial charge in [-0.15, -0.1) is 0 Å². The van der Waals surface area contributed by atoms with Crippen molar-refractivity contribution in [3.05, 3.63) is 48.5 Å². The minimum absolute atomic E-state index is 0.0905. The lowest BCUT2D eigenvalue weighted by molar-refractivity contribution is 0.101. The van der Waals surface area contributed by atoms with Crippen molar-refractivity contribution < 1.29 is 13.2 Å². The number of hydrogen-bond acceptors (Lipinski definition) is 4. The molecular formula is C14H17N3O3S. The molecule has 0 atom stereocenters.